The summed E-state index contributed by atoms with van der Waals surface area (Å²) in [5, 5.41) is 0. The lowest BCUT2D eigenvalue weighted by atomic mass is 10.0. The molecule has 40 heavy (non-hydrogen) atoms. The molecule has 4 aromatic rings. The number of alkyl halides is 2. The lowest BCUT2D eigenvalue weighted by Gasteiger charge is -2.20. The van der Waals surface area contributed by atoms with E-state index in [9.17, 15) is 39.5 Å². The second-order valence-corrected chi connectivity index (χ2v) is 8.16. The van der Waals surface area contributed by atoms with E-state index in [1.54, 1.807) is 31.2 Å². The van der Waals surface area contributed by atoms with Crippen LogP contribution in [0, 0.1) is 52.6 Å². The highest BCUT2D eigenvalue weighted by Crippen LogP contribution is 2.38. The summed E-state index contributed by atoms with van der Waals surface area (Å²) in [6.07, 6.45) is -4.76. The Labute approximate surface area is 221 Å². The molecule has 0 amide bonds. The average molecular weight is 566 g/mol. The molecule has 206 valence electrons. The molecule has 0 unspecified atom stereocenters. The van der Waals surface area contributed by atoms with Gasteiger partial charge in [0.25, 0.3) is 0 Å². The van der Waals surface area contributed by atoms with Crippen LogP contribution in [0.3, 0.4) is 0 Å². The van der Waals surface area contributed by atoms with Gasteiger partial charge in [-0.15, -0.1) is 0 Å². The largest absolute Gasteiger partial charge is 0.494 e. The van der Waals surface area contributed by atoms with Gasteiger partial charge in [-0.1, -0.05) is 11.8 Å². The van der Waals surface area contributed by atoms with Crippen molar-refractivity contribution in [2.24, 2.45) is 0 Å². The maximum Gasteiger partial charge on any atom is 0.432 e. The smallest absolute Gasteiger partial charge is 0.432 e. The minimum atomic E-state index is -4.76. The molecule has 0 bridgehead atoms. The van der Waals surface area contributed by atoms with E-state index in [0.717, 1.165) is 0 Å². The molecule has 0 aliphatic heterocycles. The molecule has 0 heterocycles. The predicted molar refractivity (Wildman–Crippen MR) is 126 cm³/mol. The van der Waals surface area contributed by atoms with Crippen LogP contribution in [-0.2, 0) is 6.11 Å². The summed E-state index contributed by atoms with van der Waals surface area (Å²) < 4.78 is 137. The number of hydrogen-bond donors (Lipinski definition) is 0. The summed E-state index contributed by atoms with van der Waals surface area (Å²) in [5.41, 5.74) is -3.55. The molecular weight excluding hydrogens is 551 g/mol. The lowest BCUT2D eigenvalue weighted by Crippen LogP contribution is -2.25. The molecule has 0 spiro atoms. The van der Waals surface area contributed by atoms with Crippen LogP contribution in [0.15, 0.2) is 60.7 Å². The van der Waals surface area contributed by atoms with Gasteiger partial charge in [0.2, 0.25) is 0 Å². The lowest BCUT2D eigenvalue weighted by molar-refractivity contribution is -0.189. The molecule has 0 N–H and O–H groups in total. The Morgan fingerprint density at radius 2 is 1.15 bits per heavy atom. The summed E-state index contributed by atoms with van der Waals surface area (Å²) in [7, 11) is 0. The summed E-state index contributed by atoms with van der Waals surface area (Å²) in [5.74, 6) is -7.73. The van der Waals surface area contributed by atoms with Crippen LogP contribution in [0.5, 0.6) is 11.5 Å². The molecule has 0 aliphatic rings. The van der Waals surface area contributed by atoms with E-state index >= 15 is 0 Å². The first-order valence-electron chi connectivity index (χ1n) is 11.3. The maximum atomic E-state index is 14.7. The van der Waals surface area contributed by atoms with Gasteiger partial charge >= 0.3 is 6.11 Å². The first kappa shape index (κ1) is 28.4. The van der Waals surface area contributed by atoms with Crippen molar-refractivity contribution in [1.82, 2.24) is 0 Å². The Bertz CT molecular complexity index is 1570. The molecule has 0 aliphatic carbocycles. The van der Waals surface area contributed by atoms with Crippen LogP contribution in [0.2, 0.25) is 0 Å². The minimum Gasteiger partial charge on any atom is -0.494 e. The van der Waals surface area contributed by atoms with E-state index in [1.165, 1.54) is 0 Å². The Hall–Kier alpha value is -4.59. The summed E-state index contributed by atoms with van der Waals surface area (Å²) >= 11 is 0. The summed E-state index contributed by atoms with van der Waals surface area (Å²) in [6.45, 7) is 2.24. The van der Waals surface area contributed by atoms with Crippen LogP contribution >= 0.6 is 0 Å². The van der Waals surface area contributed by atoms with Crippen molar-refractivity contribution >= 4 is 0 Å². The molecule has 0 atom stereocenters. The zero-order valence-electron chi connectivity index (χ0n) is 20.2. The Morgan fingerprint density at radius 3 is 1.68 bits per heavy atom. The fourth-order valence-electron chi connectivity index (χ4n) is 3.65. The fraction of sp³-hybridized carbons (Fsp3) is 0.103. The molecule has 0 radical (unpaired) electrons. The minimum absolute atomic E-state index is 0.206. The van der Waals surface area contributed by atoms with Crippen molar-refractivity contribution in [2.75, 3.05) is 6.61 Å². The molecule has 0 fully saturated rings. The van der Waals surface area contributed by atoms with Gasteiger partial charge < -0.3 is 9.47 Å². The van der Waals surface area contributed by atoms with E-state index < -0.39 is 69.3 Å². The Morgan fingerprint density at radius 1 is 0.625 bits per heavy atom. The van der Waals surface area contributed by atoms with Crippen LogP contribution in [0.25, 0.3) is 11.1 Å². The molecule has 11 heteroatoms. The van der Waals surface area contributed by atoms with Gasteiger partial charge in [-0.2, -0.15) is 8.78 Å². The predicted octanol–water partition coefficient (Wildman–Crippen LogP) is 8.25. The maximum absolute atomic E-state index is 14.7. The number of rotatable bonds is 6. The molecule has 0 saturated heterocycles. The van der Waals surface area contributed by atoms with E-state index in [2.05, 4.69) is 16.6 Å². The van der Waals surface area contributed by atoms with Gasteiger partial charge in [0.1, 0.15) is 40.3 Å². The highest BCUT2D eigenvalue weighted by Gasteiger charge is 2.41. The van der Waals surface area contributed by atoms with E-state index in [-0.39, 0.29) is 17.7 Å². The Balaban J connectivity index is 1.60. The van der Waals surface area contributed by atoms with Crippen LogP contribution in [0.4, 0.5) is 39.5 Å². The normalized spacial score (nSPS) is 11.2. The van der Waals surface area contributed by atoms with Crippen molar-refractivity contribution in [1.29, 1.82) is 0 Å². The quantitative estimate of drug-likeness (QED) is 0.133. The van der Waals surface area contributed by atoms with E-state index in [1.807, 2.05) is 0 Å². The number of hydrogen-bond acceptors (Lipinski definition) is 2. The topological polar surface area (TPSA) is 18.5 Å². The summed E-state index contributed by atoms with van der Waals surface area (Å²) in [4.78, 5) is 0. The van der Waals surface area contributed by atoms with Gasteiger partial charge in [-0.05, 0) is 61.0 Å². The average Bonchev–Trinajstić information content (AvgIpc) is 2.85. The molecule has 0 aromatic heterocycles. The molecule has 0 saturated carbocycles. The molecule has 4 rings (SSSR count). The van der Waals surface area contributed by atoms with Gasteiger partial charge in [-0.25, -0.2) is 30.7 Å². The van der Waals surface area contributed by atoms with Crippen LogP contribution in [-0.4, -0.2) is 6.61 Å². The van der Waals surface area contributed by atoms with Crippen molar-refractivity contribution in [2.45, 2.75) is 13.0 Å². The number of benzene rings is 4. The second-order valence-electron chi connectivity index (χ2n) is 8.16. The highest BCUT2D eigenvalue weighted by molar-refractivity contribution is 5.66. The van der Waals surface area contributed by atoms with Crippen LogP contribution in [0.1, 0.15) is 23.6 Å². The van der Waals surface area contributed by atoms with E-state index in [4.69, 9.17) is 4.74 Å². The van der Waals surface area contributed by atoms with Crippen molar-refractivity contribution in [3.8, 4) is 34.5 Å². The van der Waals surface area contributed by atoms with Gasteiger partial charge in [0.05, 0.1) is 12.2 Å². The standard InChI is InChI=1S/C29H15F9O2/c1-2-39-18-7-5-15(6-8-18)3-4-16-9-22(32)27(23(33)10-16)29(37,38)40-19-13-20(30)26(21(31)14-19)17-11-24(34)28(36)25(35)12-17/h5-14H,2H2,1H3. The second kappa shape index (κ2) is 11.3. The zero-order chi connectivity index (χ0) is 29.2. The summed E-state index contributed by atoms with van der Waals surface area (Å²) in [6, 6.07) is 8.43. The zero-order valence-corrected chi connectivity index (χ0v) is 20.2. The van der Waals surface area contributed by atoms with Crippen LogP contribution < -0.4 is 9.47 Å². The first-order chi connectivity index (χ1) is 18.9. The molecule has 2 nitrogen and oxygen atoms in total. The third-order valence-corrected chi connectivity index (χ3v) is 5.38. The third kappa shape index (κ3) is 6.01. The molecular formula is C29H15F9O2. The Kier molecular flexibility index (Phi) is 8.00. The van der Waals surface area contributed by atoms with Gasteiger partial charge in [0, 0.05) is 23.3 Å². The third-order valence-electron chi connectivity index (χ3n) is 5.38. The number of halogens is 9. The first-order valence-corrected chi connectivity index (χ1v) is 11.3. The van der Waals surface area contributed by atoms with Crippen molar-refractivity contribution in [3.63, 3.8) is 0 Å². The van der Waals surface area contributed by atoms with Gasteiger partial charge in [-0.3, -0.25) is 0 Å². The van der Waals surface area contributed by atoms with Gasteiger partial charge in [0.15, 0.2) is 17.5 Å². The SMILES string of the molecule is CCOc1ccc(C#Cc2cc(F)c(C(F)(F)Oc3cc(F)c(-c4cc(F)c(F)c(F)c4)c(F)c3)c(F)c2)cc1. The van der Waals surface area contributed by atoms with Crippen molar-refractivity contribution < 1.29 is 49.0 Å². The number of ether oxygens (including phenoxy) is 2. The fourth-order valence-corrected chi connectivity index (χ4v) is 3.65. The highest BCUT2D eigenvalue weighted by atomic mass is 19.3. The monoisotopic (exact) mass is 566 g/mol. The van der Waals surface area contributed by atoms with E-state index in [0.29, 0.717) is 42.2 Å². The van der Waals surface area contributed by atoms with Crippen molar-refractivity contribution in [3.05, 3.63) is 118 Å². The molecule has 4 aromatic carbocycles.